The van der Waals surface area contributed by atoms with Gasteiger partial charge in [0.05, 0.1) is 12.3 Å². The highest BCUT2D eigenvalue weighted by Crippen LogP contribution is 2.32. The van der Waals surface area contributed by atoms with Crippen LogP contribution in [0.3, 0.4) is 0 Å². The Morgan fingerprint density at radius 3 is 2.52 bits per heavy atom. The predicted octanol–water partition coefficient (Wildman–Crippen LogP) is 2.43. The highest BCUT2D eigenvalue weighted by atomic mass is 16.6. The Kier molecular flexibility index (Phi) is 5.03. The molecule has 0 unspecified atom stereocenters. The molecule has 0 fully saturated rings. The average Bonchev–Trinajstić information content (AvgIpc) is 2.63. The summed E-state index contributed by atoms with van der Waals surface area (Å²) in [7, 11) is 0. The first kappa shape index (κ1) is 16.6. The van der Waals surface area contributed by atoms with E-state index < -0.39 is 11.8 Å². The summed E-state index contributed by atoms with van der Waals surface area (Å²) in [5.41, 5.74) is 0.883. The van der Waals surface area contributed by atoms with E-state index in [0.29, 0.717) is 48.4 Å². The Bertz CT molecular complexity index is 791. The average molecular weight is 342 g/mol. The fraction of sp³-hybridized carbons (Fsp3) is 0.222. The number of nitrogens with one attached hydrogen (secondary N) is 2. The van der Waals surface area contributed by atoms with Crippen molar-refractivity contribution < 1.29 is 23.8 Å². The minimum Gasteiger partial charge on any atom is -0.492 e. The molecule has 7 nitrogen and oxygen atoms in total. The molecule has 0 radical (unpaired) electrons. The van der Waals surface area contributed by atoms with Crippen molar-refractivity contribution in [2.24, 2.45) is 0 Å². The number of benzene rings is 2. The summed E-state index contributed by atoms with van der Waals surface area (Å²) in [5, 5.41) is 5.08. The van der Waals surface area contributed by atoms with Crippen LogP contribution < -0.4 is 24.8 Å². The fourth-order valence-corrected chi connectivity index (χ4v) is 2.34. The van der Waals surface area contributed by atoms with Crippen LogP contribution in [0.25, 0.3) is 0 Å². The standard InChI is InChI=1S/C18H18N2O5/c1-2-23-14-6-4-3-5-13(14)20-18(22)17(21)19-12-7-8-15-16(11-12)25-10-9-24-15/h3-8,11H,2,9-10H2,1H3,(H,19,21)(H,20,22). The van der Waals surface area contributed by atoms with Crippen LogP contribution in [-0.4, -0.2) is 31.6 Å². The number of carbonyl (C=O) groups excluding carboxylic acids is 2. The number of hydrogen-bond acceptors (Lipinski definition) is 5. The van der Waals surface area contributed by atoms with Crippen LogP contribution in [-0.2, 0) is 9.59 Å². The topological polar surface area (TPSA) is 85.9 Å². The van der Waals surface area contributed by atoms with E-state index in [1.54, 1.807) is 42.5 Å². The number of ether oxygens (including phenoxy) is 3. The molecule has 2 amide bonds. The summed E-state index contributed by atoms with van der Waals surface area (Å²) >= 11 is 0. The van der Waals surface area contributed by atoms with E-state index in [2.05, 4.69) is 10.6 Å². The molecule has 1 heterocycles. The highest BCUT2D eigenvalue weighted by Gasteiger charge is 2.18. The maximum atomic E-state index is 12.1. The zero-order chi connectivity index (χ0) is 17.6. The van der Waals surface area contributed by atoms with Gasteiger partial charge >= 0.3 is 11.8 Å². The maximum Gasteiger partial charge on any atom is 0.314 e. The van der Waals surface area contributed by atoms with Gasteiger partial charge < -0.3 is 24.8 Å². The van der Waals surface area contributed by atoms with Crippen molar-refractivity contribution in [1.29, 1.82) is 0 Å². The smallest absolute Gasteiger partial charge is 0.314 e. The minimum atomic E-state index is -0.790. The lowest BCUT2D eigenvalue weighted by Gasteiger charge is -2.19. The molecule has 0 saturated carbocycles. The van der Waals surface area contributed by atoms with E-state index in [1.807, 2.05) is 6.92 Å². The first-order valence-corrected chi connectivity index (χ1v) is 7.91. The Hall–Kier alpha value is -3.22. The predicted molar refractivity (Wildman–Crippen MR) is 92.3 cm³/mol. The largest absolute Gasteiger partial charge is 0.492 e. The van der Waals surface area contributed by atoms with Crippen molar-refractivity contribution in [1.82, 2.24) is 0 Å². The second-order valence-corrected chi connectivity index (χ2v) is 5.20. The van der Waals surface area contributed by atoms with E-state index >= 15 is 0 Å². The number of amides is 2. The lowest BCUT2D eigenvalue weighted by atomic mass is 10.2. The van der Waals surface area contributed by atoms with Crippen molar-refractivity contribution in [2.45, 2.75) is 6.92 Å². The molecule has 0 atom stereocenters. The third-order valence-electron chi connectivity index (χ3n) is 3.44. The molecule has 7 heteroatoms. The molecule has 3 rings (SSSR count). The Morgan fingerprint density at radius 1 is 1.00 bits per heavy atom. The summed E-state index contributed by atoms with van der Waals surface area (Å²) < 4.78 is 16.3. The van der Waals surface area contributed by atoms with Crippen molar-refractivity contribution in [2.75, 3.05) is 30.5 Å². The van der Waals surface area contributed by atoms with Crippen LogP contribution in [0.2, 0.25) is 0 Å². The molecule has 0 saturated heterocycles. The van der Waals surface area contributed by atoms with Crippen molar-refractivity contribution in [3.63, 3.8) is 0 Å². The van der Waals surface area contributed by atoms with E-state index in [4.69, 9.17) is 14.2 Å². The van der Waals surface area contributed by atoms with Crippen LogP contribution in [0.5, 0.6) is 17.2 Å². The summed E-state index contributed by atoms with van der Waals surface area (Å²) in [5.74, 6) is 0.0704. The Morgan fingerprint density at radius 2 is 1.72 bits per heavy atom. The molecule has 0 spiro atoms. The van der Waals surface area contributed by atoms with Crippen LogP contribution in [0, 0.1) is 0 Å². The van der Waals surface area contributed by atoms with Crippen molar-refractivity contribution in [3.8, 4) is 17.2 Å². The zero-order valence-electron chi connectivity index (χ0n) is 13.7. The van der Waals surface area contributed by atoms with Gasteiger partial charge in [-0.1, -0.05) is 12.1 Å². The molecule has 1 aliphatic rings. The number of hydrogen-bond donors (Lipinski definition) is 2. The second-order valence-electron chi connectivity index (χ2n) is 5.20. The summed E-state index contributed by atoms with van der Waals surface area (Å²) in [6, 6.07) is 11.9. The summed E-state index contributed by atoms with van der Waals surface area (Å²) in [4.78, 5) is 24.2. The lowest BCUT2D eigenvalue weighted by molar-refractivity contribution is -0.133. The number of fused-ring (bicyclic) bond motifs is 1. The number of rotatable bonds is 4. The molecular weight excluding hydrogens is 324 g/mol. The van der Waals surface area contributed by atoms with Gasteiger partial charge in [-0.2, -0.15) is 0 Å². The molecule has 25 heavy (non-hydrogen) atoms. The number of anilines is 2. The second kappa shape index (κ2) is 7.57. The van der Waals surface area contributed by atoms with Crippen LogP contribution in [0.1, 0.15) is 6.92 Å². The molecule has 130 valence electrons. The molecule has 2 N–H and O–H groups in total. The number of carbonyl (C=O) groups is 2. The van der Waals surface area contributed by atoms with E-state index in [1.165, 1.54) is 0 Å². The van der Waals surface area contributed by atoms with Crippen LogP contribution in [0.4, 0.5) is 11.4 Å². The van der Waals surface area contributed by atoms with Gasteiger partial charge in [-0.3, -0.25) is 9.59 Å². The van der Waals surface area contributed by atoms with Gasteiger partial charge in [0.2, 0.25) is 0 Å². The van der Waals surface area contributed by atoms with Gasteiger partial charge in [-0.15, -0.1) is 0 Å². The van der Waals surface area contributed by atoms with Crippen molar-refractivity contribution in [3.05, 3.63) is 42.5 Å². The third kappa shape index (κ3) is 4.00. The van der Waals surface area contributed by atoms with E-state index in [0.717, 1.165) is 0 Å². The molecule has 1 aliphatic heterocycles. The molecular formula is C18H18N2O5. The van der Waals surface area contributed by atoms with Gasteiger partial charge in [0.1, 0.15) is 19.0 Å². The first-order chi connectivity index (χ1) is 12.2. The Labute approximate surface area is 144 Å². The molecule has 2 aromatic carbocycles. The first-order valence-electron chi connectivity index (χ1n) is 7.91. The maximum absolute atomic E-state index is 12.1. The molecule has 0 aliphatic carbocycles. The van der Waals surface area contributed by atoms with E-state index in [-0.39, 0.29) is 0 Å². The third-order valence-corrected chi connectivity index (χ3v) is 3.44. The summed E-state index contributed by atoms with van der Waals surface area (Å²) in [6.45, 7) is 3.23. The minimum absolute atomic E-state index is 0.437. The van der Waals surface area contributed by atoms with Gasteiger partial charge in [0.15, 0.2) is 11.5 Å². The van der Waals surface area contributed by atoms with Crippen LogP contribution >= 0.6 is 0 Å². The SMILES string of the molecule is CCOc1ccccc1NC(=O)C(=O)Nc1ccc2c(c1)OCCO2. The summed E-state index contributed by atoms with van der Waals surface area (Å²) in [6.07, 6.45) is 0. The molecule has 2 aromatic rings. The number of para-hydroxylation sites is 2. The fourth-order valence-electron chi connectivity index (χ4n) is 2.34. The van der Waals surface area contributed by atoms with Gasteiger partial charge in [0, 0.05) is 11.8 Å². The van der Waals surface area contributed by atoms with Gasteiger partial charge in [-0.05, 0) is 31.2 Å². The quantitative estimate of drug-likeness (QED) is 0.834. The monoisotopic (exact) mass is 342 g/mol. The van der Waals surface area contributed by atoms with E-state index in [9.17, 15) is 9.59 Å². The van der Waals surface area contributed by atoms with Gasteiger partial charge in [0.25, 0.3) is 0 Å². The highest BCUT2D eigenvalue weighted by molar-refractivity contribution is 6.43. The normalized spacial score (nSPS) is 12.2. The zero-order valence-corrected chi connectivity index (χ0v) is 13.7. The van der Waals surface area contributed by atoms with Crippen LogP contribution in [0.15, 0.2) is 42.5 Å². The molecule has 0 aromatic heterocycles. The molecule has 0 bridgehead atoms. The lowest BCUT2D eigenvalue weighted by Crippen LogP contribution is -2.29. The Balaban J connectivity index is 1.66. The van der Waals surface area contributed by atoms with Gasteiger partial charge in [-0.25, -0.2) is 0 Å². The van der Waals surface area contributed by atoms with Crippen molar-refractivity contribution >= 4 is 23.2 Å².